The third-order valence-electron chi connectivity index (χ3n) is 5.80. The molecule has 0 bridgehead atoms. The van der Waals surface area contributed by atoms with E-state index in [0.29, 0.717) is 17.4 Å². The van der Waals surface area contributed by atoms with E-state index in [4.69, 9.17) is 0 Å². The fourth-order valence-electron chi connectivity index (χ4n) is 3.91. The van der Waals surface area contributed by atoms with Gasteiger partial charge in [0.05, 0.1) is 29.8 Å². The molecule has 0 atom stereocenters. The normalized spacial score (nSPS) is 11.2. The van der Waals surface area contributed by atoms with E-state index in [9.17, 15) is 4.79 Å². The molecule has 4 heterocycles. The van der Waals surface area contributed by atoms with Crippen molar-refractivity contribution in [1.82, 2.24) is 24.3 Å². The van der Waals surface area contributed by atoms with Crippen LogP contribution in [-0.2, 0) is 7.05 Å². The molecule has 8 heteroatoms. The van der Waals surface area contributed by atoms with Crippen molar-refractivity contribution in [2.45, 2.75) is 19.8 Å². The minimum atomic E-state index is -0.317. The van der Waals surface area contributed by atoms with Crippen LogP contribution in [0.15, 0.2) is 79.6 Å². The van der Waals surface area contributed by atoms with E-state index in [0.717, 1.165) is 33.3 Å². The zero-order chi connectivity index (χ0) is 23.7. The number of fused-ring (bicyclic) bond motifs is 1. The van der Waals surface area contributed by atoms with Gasteiger partial charge in [0.25, 0.3) is 0 Å². The van der Waals surface area contributed by atoms with Crippen LogP contribution in [0.25, 0.3) is 27.7 Å². The molecule has 0 fully saturated rings. The van der Waals surface area contributed by atoms with Gasteiger partial charge >= 0.3 is 6.03 Å². The first-order valence-corrected chi connectivity index (χ1v) is 11.1. The summed E-state index contributed by atoms with van der Waals surface area (Å²) >= 11 is 0. The average molecular weight is 452 g/mol. The summed E-state index contributed by atoms with van der Waals surface area (Å²) in [7, 11) is 1.90. The summed E-state index contributed by atoms with van der Waals surface area (Å²) in [6.07, 6.45) is 11.0. The van der Waals surface area contributed by atoms with Crippen molar-refractivity contribution in [3.8, 4) is 16.8 Å². The Kier molecular flexibility index (Phi) is 5.55. The van der Waals surface area contributed by atoms with Gasteiger partial charge in [-0.2, -0.15) is 5.10 Å². The largest absolute Gasteiger partial charge is 0.324 e. The van der Waals surface area contributed by atoms with Gasteiger partial charge in [-0.25, -0.2) is 4.79 Å². The lowest BCUT2D eigenvalue weighted by molar-refractivity contribution is 0.262. The Morgan fingerprint density at radius 3 is 2.53 bits per heavy atom. The quantitative estimate of drug-likeness (QED) is 0.365. The van der Waals surface area contributed by atoms with Crippen LogP contribution >= 0.6 is 0 Å². The fraction of sp³-hybridized carbons (Fsp3) is 0.154. The second-order valence-electron chi connectivity index (χ2n) is 8.44. The molecule has 34 heavy (non-hydrogen) atoms. The molecule has 0 unspecified atom stereocenters. The SMILES string of the molecule is CC(C)c1cc(NC(=O)Nc2ccc(-c3cncc4c3cnn4C)cc2)n(-c2cccnc2)c1. The number of nitrogens with one attached hydrogen (secondary N) is 2. The molecule has 8 nitrogen and oxygen atoms in total. The van der Waals surface area contributed by atoms with Crippen LogP contribution in [0.2, 0.25) is 0 Å². The molecule has 2 N–H and O–H groups in total. The lowest BCUT2D eigenvalue weighted by Crippen LogP contribution is -2.21. The standard InChI is InChI=1S/C26H25N7O/c1-17(2)19-11-25(33(16-19)21-5-4-10-27-12-21)31-26(34)30-20-8-6-18(7-9-20)22-13-28-15-24-23(22)14-29-32(24)3/h4-17H,1-3H3,(H2,30,31,34). The molecular formula is C26H25N7O. The lowest BCUT2D eigenvalue weighted by atomic mass is 10.0. The van der Waals surface area contributed by atoms with Crippen molar-refractivity contribution in [2.24, 2.45) is 7.05 Å². The van der Waals surface area contributed by atoms with Gasteiger partial charge in [0, 0.05) is 42.3 Å². The van der Waals surface area contributed by atoms with E-state index in [1.807, 2.05) is 72.7 Å². The molecule has 0 aliphatic carbocycles. The summed E-state index contributed by atoms with van der Waals surface area (Å²) in [5, 5.41) is 11.2. The summed E-state index contributed by atoms with van der Waals surface area (Å²) in [5.74, 6) is 1.01. The molecule has 0 aliphatic rings. The van der Waals surface area contributed by atoms with E-state index in [-0.39, 0.29) is 6.03 Å². The third kappa shape index (κ3) is 4.13. The second-order valence-corrected chi connectivity index (χ2v) is 8.44. The van der Waals surface area contributed by atoms with Crippen LogP contribution in [0.3, 0.4) is 0 Å². The number of nitrogens with zero attached hydrogens (tertiary/aromatic N) is 5. The maximum atomic E-state index is 12.8. The maximum absolute atomic E-state index is 12.8. The van der Waals surface area contributed by atoms with Crippen LogP contribution in [0, 0.1) is 0 Å². The highest BCUT2D eigenvalue weighted by molar-refractivity contribution is 6.00. The van der Waals surface area contributed by atoms with Gasteiger partial charge in [0.15, 0.2) is 0 Å². The smallest absolute Gasteiger partial charge is 0.308 e. The van der Waals surface area contributed by atoms with Crippen LogP contribution in [0.4, 0.5) is 16.3 Å². The number of aromatic nitrogens is 5. The number of hydrogen-bond donors (Lipinski definition) is 2. The molecule has 0 radical (unpaired) electrons. The molecule has 0 spiro atoms. The Balaban J connectivity index is 1.35. The first-order valence-electron chi connectivity index (χ1n) is 11.1. The summed E-state index contributed by atoms with van der Waals surface area (Å²) in [6, 6.07) is 13.2. The Bertz CT molecular complexity index is 1450. The molecule has 0 saturated heterocycles. The summed E-state index contributed by atoms with van der Waals surface area (Å²) in [6.45, 7) is 4.24. The van der Waals surface area contributed by atoms with E-state index >= 15 is 0 Å². The van der Waals surface area contributed by atoms with Crippen LogP contribution in [-0.4, -0.2) is 30.3 Å². The number of pyridine rings is 2. The van der Waals surface area contributed by atoms with E-state index < -0.39 is 0 Å². The van der Waals surface area contributed by atoms with E-state index in [1.54, 1.807) is 23.3 Å². The highest BCUT2D eigenvalue weighted by Crippen LogP contribution is 2.29. The predicted octanol–water partition coefficient (Wildman–Crippen LogP) is 5.59. The summed E-state index contributed by atoms with van der Waals surface area (Å²) in [5.41, 5.74) is 5.67. The number of anilines is 2. The maximum Gasteiger partial charge on any atom is 0.324 e. The fourth-order valence-corrected chi connectivity index (χ4v) is 3.91. The van der Waals surface area contributed by atoms with Crippen molar-refractivity contribution < 1.29 is 4.79 Å². The van der Waals surface area contributed by atoms with Gasteiger partial charge in [-0.3, -0.25) is 20.0 Å². The van der Waals surface area contributed by atoms with Crippen molar-refractivity contribution in [3.63, 3.8) is 0 Å². The van der Waals surface area contributed by atoms with Crippen molar-refractivity contribution in [3.05, 3.63) is 85.2 Å². The van der Waals surface area contributed by atoms with Crippen molar-refractivity contribution in [2.75, 3.05) is 10.6 Å². The molecular weight excluding hydrogens is 426 g/mol. The number of carbonyl (C=O) groups is 1. The topological polar surface area (TPSA) is 89.7 Å². The second kappa shape index (κ2) is 8.82. The monoisotopic (exact) mass is 451 g/mol. The van der Waals surface area contributed by atoms with E-state index in [2.05, 4.69) is 39.5 Å². The van der Waals surface area contributed by atoms with Gasteiger partial charge in [0.2, 0.25) is 0 Å². The first-order chi connectivity index (χ1) is 16.5. The lowest BCUT2D eigenvalue weighted by Gasteiger charge is -2.11. The molecule has 0 saturated carbocycles. The number of hydrogen-bond acceptors (Lipinski definition) is 4. The number of carbonyl (C=O) groups excluding carboxylic acids is 1. The van der Waals surface area contributed by atoms with Crippen LogP contribution in [0.1, 0.15) is 25.3 Å². The van der Waals surface area contributed by atoms with Crippen molar-refractivity contribution in [1.29, 1.82) is 0 Å². The zero-order valence-electron chi connectivity index (χ0n) is 19.2. The number of benzene rings is 1. The molecule has 5 rings (SSSR count). The Morgan fingerprint density at radius 2 is 1.79 bits per heavy atom. The van der Waals surface area contributed by atoms with Gasteiger partial charge in [0.1, 0.15) is 5.82 Å². The summed E-state index contributed by atoms with van der Waals surface area (Å²) in [4.78, 5) is 21.3. The number of urea groups is 1. The average Bonchev–Trinajstić information content (AvgIpc) is 3.44. The highest BCUT2D eigenvalue weighted by atomic mass is 16.2. The van der Waals surface area contributed by atoms with Crippen LogP contribution in [0.5, 0.6) is 0 Å². The molecule has 1 aromatic carbocycles. The Hall–Kier alpha value is -4.46. The van der Waals surface area contributed by atoms with Gasteiger partial charge < -0.3 is 9.88 Å². The minimum absolute atomic E-state index is 0.317. The highest BCUT2D eigenvalue weighted by Gasteiger charge is 2.13. The third-order valence-corrected chi connectivity index (χ3v) is 5.80. The molecule has 2 amide bonds. The zero-order valence-corrected chi connectivity index (χ0v) is 19.2. The predicted molar refractivity (Wildman–Crippen MR) is 134 cm³/mol. The van der Waals surface area contributed by atoms with Crippen LogP contribution < -0.4 is 10.6 Å². The van der Waals surface area contributed by atoms with Crippen molar-refractivity contribution >= 4 is 28.4 Å². The first kappa shape index (κ1) is 21.4. The van der Waals surface area contributed by atoms with Gasteiger partial charge in [-0.15, -0.1) is 0 Å². The molecule has 5 aromatic rings. The van der Waals surface area contributed by atoms with Gasteiger partial charge in [-0.05, 0) is 47.4 Å². The summed E-state index contributed by atoms with van der Waals surface area (Å²) < 4.78 is 3.74. The number of amides is 2. The number of rotatable bonds is 5. The molecule has 0 aliphatic heterocycles. The van der Waals surface area contributed by atoms with Gasteiger partial charge in [-0.1, -0.05) is 26.0 Å². The number of aryl methyl sites for hydroxylation is 1. The molecule has 170 valence electrons. The molecule has 4 aromatic heterocycles. The minimum Gasteiger partial charge on any atom is -0.308 e. The Labute approximate surface area is 197 Å². The van der Waals surface area contributed by atoms with E-state index in [1.165, 1.54) is 0 Å². The Morgan fingerprint density at radius 1 is 0.971 bits per heavy atom.